The fraction of sp³-hybridized carbons (Fsp3) is 0.300. The molecule has 12 heavy (non-hydrogen) atoms. The molecular weight excluding hydrogens is 152 g/mol. The van der Waals surface area contributed by atoms with E-state index in [1.807, 2.05) is 18.2 Å². The van der Waals surface area contributed by atoms with Gasteiger partial charge in [-0.3, -0.25) is 4.79 Å². The van der Waals surface area contributed by atoms with Crippen molar-refractivity contribution in [2.45, 2.75) is 19.8 Å². The molecule has 2 nitrogen and oxygen atoms in total. The molecule has 1 rings (SSSR count). The van der Waals surface area contributed by atoms with E-state index in [9.17, 15) is 9.90 Å². The van der Waals surface area contributed by atoms with Crippen LogP contribution in [0.3, 0.4) is 0 Å². The number of allylic oxidation sites excluding steroid dienone is 5. The average molecular weight is 164 g/mol. The third-order valence-electron chi connectivity index (χ3n) is 1.68. The molecule has 1 aliphatic carbocycles. The van der Waals surface area contributed by atoms with Gasteiger partial charge >= 0.3 is 0 Å². The Hall–Kier alpha value is -1.31. The largest absolute Gasteiger partial charge is 0.508 e. The summed E-state index contributed by atoms with van der Waals surface area (Å²) in [6.45, 7) is 1.43. The summed E-state index contributed by atoms with van der Waals surface area (Å²) in [6, 6.07) is 0. The molecule has 0 bridgehead atoms. The van der Waals surface area contributed by atoms with Crippen molar-refractivity contribution in [3.05, 3.63) is 35.6 Å². The summed E-state index contributed by atoms with van der Waals surface area (Å²) in [7, 11) is 0. The van der Waals surface area contributed by atoms with Crippen molar-refractivity contribution in [2.75, 3.05) is 0 Å². The van der Waals surface area contributed by atoms with Crippen LogP contribution in [0.1, 0.15) is 19.8 Å². The molecule has 0 aromatic heterocycles. The molecule has 0 fully saturated rings. The number of carbonyl (C=O) groups is 1. The molecule has 0 atom stereocenters. The van der Waals surface area contributed by atoms with Crippen LogP contribution in [0.25, 0.3) is 0 Å². The molecule has 0 aromatic carbocycles. The summed E-state index contributed by atoms with van der Waals surface area (Å²) in [5.41, 5.74) is 0.840. The topological polar surface area (TPSA) is 37.3 Å². The Morgan fingerprint density at radius 2 is 2.42 bits per heavy atom. The number of carbonyl (C=O) groups excluding carboxylic acids is 1. The summed E-state index contributed by atoms with van der Waals surface area (Å²) in [5.74, 6) is -0.0187. The van der Waals surface area contributed by atoms with Gasteiger partial charge in [0.05, 0.1) is 0 Å². The smallest absolute Gasteiger partial charge is 0.156 e. The molecule has 0 amide bonds. The van der Waals surface area contributed by atoms with E-state index < -0.39 is 0 Å². The minimum absolute atomic E-state index is 0.104. The van der Waals surface area contributed by atoms with Crippen molar-refractivity contribution >= 4 is 5.78 Å². The zero-order chi connectivity index (χ0) is 8.97. The summed E-state index contributed by atoms with van der Waals surface area (Å²) >= 11 is 0. The standard InChI is InChI=1S/C10H12O2/c1-8(11)7-10(12)9-5-3-2-4-6-9/h2-3,5,7,12H,4,6H2,1H3/b10-7-. The Morgan fingerprint density at radius 3 is 2.92 bits per heavy atom. The van der Waals surface area contributed by atoms with Gasteiger partial charge in [0.25, 0.3) is 0 Å². The highest BCUT2D eigenvalue weighted by Crippen LogP contribution is 2.17. The fourth-order valence-electron chi connectivity index (χ4n) is 1.10. The highest BCUT2D eigenvalue weighted by molar-refractivity contribution is 5.88. The van der Waals surface area contributed by atoms with E-state index in [4.69, 9.17) is 0 Å². The van der Waals surface area contributed by atoms with E-state index in [2.05, 4.69) is 0 Å². The van der Waals surface area contributed by atoms with Gasteiger partial charge in [-0.25, -0.2) is 0 Å². The molecular formula is C10H12O2. The minimum atomic E-state index is -0.122. The maximum absolute atomic E-state index is 10.6. The van der Waals surface area contributed by atoms with Crippen LogP contribution in [0.15, 0.2) is 35.6 Å². The lowest BCUT2D eigenvalue weighted by Gasteiger charge is -2.06. The summed E-state index contributed by atoms with van der Waals surface area (Å²) in [5, 5.41) is 9.38. The molecule has 0 spiro atoms. The Labute approximate surface area is 71.9 Å². The predicted octanol–water partition coefficient (Wildman–Crippen LogP) is 2.29. The molecule has 0 aromatic rings. The Bertz CT molecular complexity index is 270. The van der Waals surface area contributed by atoms with Crippen molar-refractivity contribution in [1.29, 1.82) is 0 Å². The monoisotopic (exact) mass is 164 g/mol. The van der Waals surface area contributed by atoms with Gasteiger partial charge in [0.1, 0.15) is 5.76 Å². The van der Waals surface area contributed by atoms with E-state index in [0.29, 0.717) is 0 Å². The number of aliphatic hydroxyl groups is 1. The Balaban J connectivity index is 2.75. The highest BCUT2D eigenvalue weighted by Gasteiger charge is 2.04. The maximum Gasteiger partial charge on any atom is 0.156 e. The average Bonchev–Trinajstić information content (AvgIpc) is 2.05. The molecule has 1 aliphatic rings. The first-order valence-corrected chi connectivity index (χ1v) is 3.97. The van der Waals surface area contributed by atoms with Gasteiger partial charge in [0.2, 0.25) is 0 Å². The van der Waals surface area contributed by atoms with Gasteiger partial charge in [-0.05, 0) is 25.3 Å². The number of hydrogen-bond donors (Lipinski definition) is 1. The Kier molecular flexibility index (Phi) is 2.86. The van der Waals surface area contributed by atoms with E-state index in [1.165, 1.54) is 13.0 Å². The summed E-state index contributed by atoms with van der Waals surface area (Å²) in [6.07, 6.45) is 8.75. The molecule has 1 N–H and O–H groups in total. The second-order valence-corrected chi connectivity index (χ2v) is 2.80. The van der Waals surface area contributed by atoms with Crippen LogP contribution in [0.5, 0.6) is 0 Å². The lowest BCUT2D eigenvalue weighted by molar-refractivity contribution is -0.112. The Morgan fingerprint density at radius 1 is 1.67 bits per heavy atom. The molecule has 0 saturated heterocycles. The van der Waals surface area contributed by atoms with Crippen molar-refractivity contribution in [2.24, 2.45) is 0 Å². The van der Waals surface area contributed by atoms with Gasteiger partial charge in [-0.1, -0.05) is 18.2 Å². The first kappa shape index (κ1) is 8.78. The van der Waals surface area contributed by atoms with Crippen molar-refractivity contribution in [3.8, 4) is 0 Å². The third-order valence-corrected chi connectivity index (χ3v) is 1.68. The maximum atomic E-state index is 10.6. The SMILES string of the molecule is CC(=O)/C=C(\O)C1=CC=CCC1. The van der Waals surface area contributed by atoms with Crippen LogP contribution >= 0.6 is 0 Å². The van der Waals surface area contributed by atoms with Gasteiger partial charge in [-0.15, -0.1) is 0 Å². The van der Waals surface area contributed by atoms with Gasteiger partial charge < -0.3 is 5.11 Å². The van der Waals surface area contributed by atoms with Crippen LogP contribution < -0.4 is 0 Å². The van der Waals surface area contributed by atoms with Gasteiger partial charge in [0.15, 0.2) is 5.78 Å². The fourth-order valence-corrected chi connectivity index (χ4v) is 1.10. The highest BCUT2D eigenvalue weighted by atomic mass is 16.3. The van der Waals surface area contributed by atoms with E-state index in [-0.39, 0.29) is 11.5 Å². The minimum Gasteiger partial charge on any atom is -0.508 e. The second-order valence-electron chi connectivity index (χ2n) is 2.80. The van der Waals surface area contributed by atoms with Crippen LogP contribution in [0.4, 0.5) is 0 Å². The molecule has 0 aliphatic heterocycles. The molecule has 0 heterocycles. The zero-order valence-electron chi connectivity index (χ0n) is 7.08. The molecule has 0 saturated carbocycles. The second kappa shape index (κ2) is 3.90. The molecule has 2 heteroatoms. The first-order chi connectivity index (χ1) is 5.70. The van der Waals surface area contributed by atoms with Crippen molar-refractivity contribution in [3.63, 3.8) is 0 Å². The number of aliphatic hydroxyl groups excluding tert-OH is 1. The van der Waals surface area contributed by atoms with Crippen LogP contribution in [0, 0.1) is 0 Å². The first-order valence-electron chi connectivity index (χ1n) is 3.97. The lowest BCUT2D eigenvalue weighted by Crippen LogP contribution is -1.94. The third kappa shape index (κ3) is 2.38. The van der Waals surface area contributed by atoms with Crippen LogP contribution in [0.2, 0.25) is 0 Å². The predicted molar refractivity (Wildman–Crippen MR) is 47.8 cm³/mol. The zero-order valence-corrected chi connectivity index (χ0v) is 7.08. The van der Waals surface area contributed by atoms with E-state index in [0.717, 1.165) is 18.4 Å². The molecule has 0 unspecified atom stereocenters. The summed E-state index contributed by atoms with van der Waals surface area (Å²) in [4.78, 5) is 10.6. The van der Waals surface area contributed by atoms with Crippen LogP contribution in [-0.4, -0.2) is 10.9 Å². The quantitative estimate of drug-likeness (QED) is 0.502. The van der Waals surface area contributed by atoms with Crippen molar-refractivity contribution < 1.29 is 9.90 Å². The van der Waals surface area contributed by atoms with E-state index in [1.54, 1.807) is 0 Å². The lowest BCUT2D eigenvalue weighted by atomic mass is 10.0. The number of rotatable bonds is 2. The number of ketones is 1. The van der Waals surface area contributed by atoms with Gasteiger partial charge in [0, 0.05) is 6.08 Å². The number of hydrogen-bond acceptors (Lipinski definition) is 2. The van der Waals surface area contributed by atoms with Gasteiger partial charge in [-0.2, -0.15) is 0 Å². The van der Waals surface area contributed by atoms with Crippen LogP contribution in [-0.2, 0) is 4.79 Å². The normalized spacial score (nSPS) is 17.4. The molecule has 0 radical (unpaired) electrons. The van der Waals surface area contributed by atoms with E-state index >= 15 is 0 Å². The van der Waals surface area contributed by atoms with Crippen molar-refractivity contribution in [1.82, 2.24) is 0 Å². The summed E-state index contributed by atoms with van der Waals surface area (Å²) < 4.78 is 0. The molecule has 64 valence electrons.